The Balaban J connectivity index is 1.80. The van der Waals surface area contributed by atoms with E-state index in [1.54, 1.807) is 18.3 Å². The number of rotatable bonds is 6. The molecule has 0 bridgehead atoms. The van der Waals surface area contributed by atoms with Gasteiger partial charge < -0.3 is 14.9 Å². The Morgan fingerprint density at radius 1 is 1.40 bits per heavy atom. The van der Waals surface area contributed by atoms with Gasteiger partial charge in [-0.1, -0.05) is 11.3 Å². The van der Waals surface area contributed by atoms with Crippen molar-refractivity contribution in [3.05, 3.63) is 10.9 Å². The Morgan fingerprint density at radius 3 is 2.80 bits per heavy atom. The number of carbonyl (C=O) groups is 1. The Bertz CT molecular complexity index is 690. The SMILES string of the molecule is CCN(CC)c1nc2sc(C(=O)N3CCCC[C@H]3C[C@@H](C)O)cc2s1. The maximum absolute atomic E-state index is 13.0. The highest BCUT2D eigenvalue weighted by Crippen LogP contribution is 2.36. The van der Waals surface area contributed by atoms with Crippen LogP contribution in [0.25, 0.3) is 9.53 Å². The molecule has 0 aromatic carbocycles. The molecule has 1 amide bonds. The number of nitrogens with zero attached hydrogens (tertiary/aromatic N) is 3. The van der Waals surface area contributed by atoms with Crippen LogP contribution >= 0.6 is 22.7 Å². The van der Waals surface area contributed by atoms with Gasteiger partial charge in [-0.25, -0.2) is 4.98 Å². The number of hydrogen-bond acceptors (Lipinski definition) is 6. The van der Waals surface area contributed by atoms with Crippen LogP contribution in [0.3, 0.4) is 0 Å². The first-order valence-electron chi connectivity index (χ1n) is 9.17. The van der Waals surface area contributed by atoms with Crippen LogP contribution in [0.2, 0.25) is 0 Å². The fourth-order valence-corrected chi connectivity index (χ4v) is 5.80. The van der Waals surface area contributed by atoms with E-state index < -0.39 is 0 Å². The van der Waals surface area contributed by atoms with Crippen molar-refractivity contribution in [1.82, 2.24) is 9.88 Å². The number of hydrogen-bond donors (Lipinski definition) is 1. The monoisotopic (exact) mass is 381 g/mol. The summed E-state index contributed by atoms with van der Waals surface area (Å²) in [7, 11) is 0. The number of anilines is 1. The second kappa shape index (κ2) is 8.01. The summed E-state index contributed by atoms with van der Waals surface area (Å²) in [6.07, 6.45) is 3.46. The van der Waals surface area contributed by atoms with Crippen molar-refractivity contribution in [1.29, 1.82) is 0 Å². The van der Waals surface area contributed by atoms with E-state index >= 15 is 0 Å². The lowest BCUT2D eigenvalue weighted by molar-refractivity contribution is 0.0519. The van der Waals surface area contributed by atoms with E-state index in [1.165, 1.54) is 11.3 Å². The number of carbonyl (C=O) groups excluding carboxylic acids is 1. The molecule has 1 N–H and O–H groups in total. The average molecular weight is 382 g/mol. The highest BCUT2D eigenvalue weighted by atomic mass is 32.1. The number of amides is 1. The van der Waals surface area contributed by atoms with Gasteiger partial charge >= 0.3 is 0 Å². The van der Waals surface area contributed by atoms with E-state index in [1.807, 2.05) is 11.0 Å². The third-order valence-electron chi connectivity index (χ3n) is 4.82. The zero-order valence-corrected chi connectivity index (χ0v) is 16.8. The van der Waals surface area contributed by atoms with Crippen molar-refractivity contribution in [3.8, 4) is 0 Å². The fraction of sp³-hybridized carbons (Fsp3) is 0.667. The molecular weight excluding hydrogens is 354 g/mol. The molecule has 1 saturated heterocycles. The standard InChI is InChI=1S/C18H27N3O2S2/c1-4-20(5-2)18-19-16-14(25-18)11-15(24-16)17(23)21-9-7-6-8-13(21)10-12(3)22/h11-13,22H,4-10H2,1-3H3/t12-,13+/m1/s1. The Hall–Kier alpha value is -1.18. The molecular formula is C18H27N3O2S2. The summed E-state index contributed by atoms with van der Waals surface area (Å²) in [6.45, 7) is 8.74. The highest BCUT2D eigenvalue weighted by Gasteiger charge is 2.29. The van der Waals surface area contributed by atoms with E-state index in [2.05, 4.69) is 18.7 Å². The van der Waals surface area contributed by atoms with Crippen LogP contribution in [0, 0.1) is 0 Å². The molecule has 138 valence electrons. The van der Waals surface area contributed by atoms with Gasteiger partial charge in [0.15, 0.2) is 5.13 Å². The van der Waals surface area contributed by atoms with Gasteiger partial charge in [-0.2, -0.15) is 0 Å². The van der Waals surface area contributed by atoms with E-state index in [-0.39, 0.29) is 18.1 Å². The van der Waals surface area contributed by atoms with Crippen molar-refractivity contribution in [2.45, 2.75) is 58.6 Å². The molecule has 2 aromatic rings. The number of thiazole rings is 1. The van der Waals surface area contributed by atoms with Crippen LogP contribution in [-0.4, -0.2) is 52.7 Å². The number of thiophene rings is 1. The van der Waals surface area contributed by atoms with Crippen LogP contribution in [0.15, 0.2) is 6.07 Å². The van der Waals surface area contributed by atoms with Crippen LogP contribution in [0.4, 0.5) is 5.13 Å². The van der Waals surface area contributed by atoms with Gasteiger partial charge in [0, 0.05) is 25.7 Å². The molecule has 3 rings (SSSR count). The van der Waals surface area contributed by atoms with Gasteiger partial charge in [0.2, 0.25) is 0 Å². The first kappa shape index (κ1) is 18.6. The van der Waals surface area contributed by atoms with Crippen LogP contribution in [0.1, 0.15) is 56.1 Å². The minimum absolute atomic E-state index is 0.102. The molecule has 0 radical (unpaired) electrons. The smallest absolute Gasteiger partial charge is 0.264 e. The van der Waals surface area contributed by atoms with Crippen molar-refractivity contribution < 1.29 is 9.90 Å². The van der Waals surface area contributed by atoms with Gasteiger partial charge in [-0.3, -0.25) is 4.79 Å². The molecule has 7 heteroatoms. The summed E-state index contributed by atoms with van der Waals surface area (Å²) in [6, 6.07) is 2.15. The first-order valence-corrected chi connectivity index (χ1v) is 10.8. The number of aromatic nitrogens is 1. The summed E-state index contributed by atoms with van der Waals surface area (Å²) < 4.78 is 1.10. The normalized spacial score (nSPS) is 19.4. The number of piperidine rings is 1. The number of aliphatic hydroxyl groups is 1. The summed E-state index contributed by atoms with van der Waals surface area (Å²) in [5.41, 5.74) is 0. The van der Waals surface area contributed by atoms with Crippen LogP contribution in [-0.2, 0) is 0 Å². The van der Waals surface area contributed by atoms with Crippen molar-refractivity contribution >= 4 is 43.2 Å². The van der Waals surface area contributed by atoms with Gasteiger partial charge in [0.05, 0.1) is 15.7 Å². The molecule has 1 aliphatic rings. The third kappa shape index (κ3) is 3.99. The molecule has 0 aliphatic carbocycles. The number of aliphatic hydroxyl groups excluding tert-OH is 1. The molecule has 1 fully saturated rings. The predicted molar refractivity (Wildman–Crippen MR) is 106 cm³/mol. The van der Waals surface area contributed by atoms with E-state index in [4.69, 9.17) is 4.98 Å². The minimum atomic E-state index is -0.372. The second-order valence-corrected chi connectivity index (χ2v) is 8.72. The topological polar surface area (TPSA) is 56.7 Å². The van der Waals surface area contributed by atoms with Gasteiger partial charge in [-0.15, -0.1) is 11.3 Å². The number of likely N-dealkylation sites (tertiary alicyclic amines) is 1. The largest absolute Gasteiger partial charge is 0.393 e. The summed E-state index contributed by atoms with van der Waals surface area (Å²) in [5.74, 6) is 0.102. The zero-order chi connectivity index (χ0) is 18.0. The van der Waals surface area contributed by atoms with E-state index in [0.29, 0.717) is 6.42 Å². The van der Waals surface area contributed by atoms with Crippen LogP contribution in [0.5, 0.6) is 0 Å². The minimum Gasteiger partial charge on any atom is -0.393 e. The van der Waals surface area contributed by atoms with Crippen molar-refractivity contribution in [2.75, 3.05) is 24.5 Å². The molecule has 0 spiro atoms. The molecule has 5 nitrogen and oxygen atoms in total. The maximum Gasteiger partial charge on any atom is 0.264 e. The molecule has 1 aliphatic heterocycles. The quantitative estimate of drug-likeness (QED) is 0.823. The zero-order valence-electron chi connectivity index (χ0n) is 15.2. The molecule has 0 unspecified atom stereocenters. The molecule has 3 heterocycles. The lowest BCUT2D eigenvalue weighted by Crippen LogP contribution is -2.44. The maximum atomic E-state index is 13.0. The van der Waals surface area contributed by atoms with Gasteiger partial charge in [0.25, 0.3) is 5.91 Å². The average Bonchev–Trinajstić information content (AvgIpc) is 3.14. The van der Waals surface area contributed by atoms with Crippen molar-refractivity contribution in [3.63, 3.8) is 0 Å². The molecule has 0 saturated carbocycles. The lowest BCUT2D eigenvalue weighted by Gasteiger charge is -2.36. The van der Waals surface area contributed by atoms with E-state index in [0.717, 1.165) is 58.4 Å². The Morgan fingerprint density at radius 2 is 2.16 bits per heavy atom. The highest BCUT2D eigenvalue weighted by molar-refractivity contribution is 7.29. The van der Waals surface area contributed by atoms with Gasteiger partial charge in [-0.05, 0) is 52.5 Å². The summed E-state index contributed by atoms with van der Waals surface area (Å²) >= 11 is 3.16. The summed E-state index contributed by atoms with van der Waals surface area (Å²) in [4.78, 5) is 23.7. The predicted octanol–water partition coefficient (Wildman–Crippen LogP) is 3.97. The first-order chi connectivity index (χ1) is 12.0. The summed E-state index contributed by atoms with van der Waals surface area (Å²) in [5, 5.41) is 10.8. The third-order valence-corrected chi connectivity index (χ3v) is 7.03. The van der Waals surface area contributed by atoms with E-state index in [9.17, 15) is 9.90 Å². The Labute approximate surface area is 157 Å². The fourth-order valence-electron chi connectivity index (χ4n) is 3.51. The van der Waals surface area contributed by atoms with Crippen molar-refractivity contribution in [2.24, 2.45) is 0 Å². The Kier molecular flexibility index (Phi) is 5.96. The van der Waals surface area contributed by atoms with Crippen LogP contribution < -0.4 is 4.90 Å². The van der Waals surface area contributed by atoms with Gasteiger partial charge in [0.1, 0.15) is 4.83 Å². The lowest BCUT2D eigenvalue weighted by atomic mass is 9.97. The number of fused-ring (bicyclic) bond motifs is 1. The second-order valence-electron chi connectivity index (χ2n) is 6.68. The molecule has 2 aromatic heterocycles. The molecule has 2 atom stereocenters. The molecule has 25 heavy (non-hydrogen) atoms.